The van der Waals surface area contributed by atoms with Crippen LogP contribution in [0.15, 0.2) is 0 Å². The highest BCUT2D eigenvalue weighted by molar-refractivity contribution is 5.80. The highest BCUT2D eigenvalue weighted by Crippen LogP contribution is 2.35. The number of hydrogen-bond acceptors (Lipinski definition) is 2. The fourth-order valence-corrected chi connectivity index (χ4v) is 2.91. The van der Waals surface area contributed by atoms with Gasteiger partial charge in [0.1, 0.15) is 0 Å². The maximum absolute atomic E-state index is 11.6. The molecular formula is C16H30O4. The largest absolute Gasteiger partial charge is 0.481 e. The molecule has 0 aliphatic rings. The van der Waals surface area contributed by atoms with Gasteiger partial charge in [-0.25, -0.2) is 0 Å². The van der Waals surface area contributed by atoms with Crippen molar-refractivity contribution in [1.82, 2.24) is 0 Å². The summed E-state index contributed by atoms with van der Waals surface area (Å²) in [5.74, 6) is -3.53. The van der Waals surface area contributed by atoms with Gasteiger partial charge in [0.05, 0.1) is 11.8 Å². The van der Waals surface area contributed by atoms with Crippen LogP contribution in [0.2, 0.25) is 0 Å². The number of rotatable bonds is 8. The lowest BCUT2D eigenvalue weighted by Crippen LogP contribution is -2.37. The van der Waals surface area contributed by atoms with Crippen LogP contribution < -0.4 is 0 Å². The van der Waals surface area contributed by atoms with Crippen molar-refractivity contribution in [1.29, 1.82) is 0 Å². The lowest BCUT2D eigenvalue weighted by molar-refractivity contribution is -0.157. The van der Waals surface area contributed by atoms with Gasteiger partial charge < -0.3 is 10.2 Å². The second kappa shape index (κ2) is 7.65. The first-order valence-electron chi connectivity index (χ1n) is 7.45. The van der Waals surface area contributed by atoms with Gasteiger partial charge >= 0.3 is 11.9 Å². The van der Waals surface area contributed by atoms with Gasteiger partial charge in [-0.3, -0.25) is 9.59 Å². The molecule has 0 aliphatic carbocycles. The first-order chi connectivity index (χ1) is 8.99. The maximum atomic E-state index is 11.6. The van der Waals surface area contributed by atoms with E-state index >= 15 is 0 Å². The Morgan fingerprint density at radius 1 is 1.05 bits per heavy atom. The quantitative estimate of drug-likeness (QED) is 0.709. The van der Waals surface area contributed by atoms with E-state index in [9.17, 15) is 19.8 Å². The summed E-state index contributed by atoms with van der Waals surface area (Å²) in [4.78, 5) is 23.1. The smallest absolute Gasteiger partial charge is 0.307 e. The summed E-state index contributed by atoms with van der Waals surface area (Å²) in [6.07, 6.45) is 2.00. The molecule has 0 saturated heterocycles. The van der Waals surface area contributed by atoms with Crippen LogP contribution in [0.1, 0.15) is 60.8 Å². The van der Waals surface area contributed by atoms with Crippen molar-refractivity contribution in [2.24, 2.45) is 29.1 Å². The molecule has 0 rings (SSSR count). The van der Waals surface area contributed by atoms with Crippen molar-refractivity contribution < 1.29 is 19.8 Å². The van der Waals surface area contributed by atoms with Crippen LogP contribution >= 0.6 is 0 Å². The van der Waals surface area contributed by atoms with E-state index in [4.69, 9.17) is 0 Å². The van der Waals surface area contributed by atoms with Crippen molar-refractivity contribution in [3.05, 3.63) is 0 Å². The van der Waals surface area contributed by atoms with Gasteiger partial charge in [-0.1, -0.05) is 48.0 Å². The van der Waals surface area contributed by atoms with Gasteiger partial charge in [0.2, 0.25) is 0 Å². The van der Waals surface area contributed by atoms with Crippen LogP contribution in [0.3, 0.4) is 0 Å². The van der Waals surface area contributed by atoms with E-state index in [2.05, 4.69) is 0 Å². The van der Waals surface area contributed by atoms with Gasteiger partial charge in [0, 0.05) is 0 Å². The zero-order chi connectivity index (χ0) is 16.1. The Morgan fingerprint density at radius 3 is 1.85 bits per heavy atom. The topological polar surface area (TPSA) is 74.6 Å². The molecule has 0 aromatic heterocycles. The molecule has 2 N–H and O–H groups in total. The molecule has 0 aromatic rings. The summed E-state index contributed by atoms with van der Waals surface area (Å²) in [6.45, 7) is 12.0. The second-order valence-corrected chi connectivity index (χ2v) is 7.30. The normalized spacial score (nSPS) is 18.1. The summed E-state index contributed by atoms with van der Waals surface area (Å²) >= 11 is 0. The molecule has 0 aliphatic heterocycles. The first kappa shape index (κ1) is 18.9. The van der Waals surface area contributed by atoms with Crippen molar-refractivity contribution >= 4 is 11.9 Å². The molecule has 0 spiro atoms. The molecule has 4 nitrogen and oxygen atoms in total. The number of carboxylic acid groups (broad SMARTS) is 2. The van der Waals surface area contributed by atoms with Gasteiger partial charge in [-0.05, 0) is 30.1 Å². The Bertz CT molecular complexity index is 330. The van der Waals surface area contributed by atoms with Gasteiger partial charge in [-0.2, -0.15) is 0 Å². The van der Waals surface area contributed by atoms with Crippen molar-refractivity contribution in [3.63, 3.8) is 0 Å². The first-order valence-corrected chi connectivity index (χ1v) is 7.45. The SMILES string of the molecule is CCC(C)CC(C(=O)O)C(C(=O)O)C(C)CC(C)(C)C. The molecule has 0 fully saturated rings. The predicted molar refractivity (Wildman–Crippen MR) is 79.6 cm³/mol. The Balaban J connectivity index is 5.18. The molecule has 0 saturated carbocycles. The second-order valence-electron chi connectivity index (χ2n) is 7.30. The summed E-state index contributed by atoms with van der Waals surface area (Å²) in [7, 11) is 0. The van der Waals surface area contributed by atoms with Crippen LogP contribution in [-0.2, 0) is 9.59 Å². The zero-order valence-corrected chi connectivity index (χ0v) is 13.6. The van der Waals surface area contributed by atoms with Crippen LogP contribution in [0, 0.1) is 29.1 Å². The van der Waals surface area contributed by atoms with E-state index in [1.165, 1.54) is 0 Å². The van der Waals surface area contributed by atoms with Gasteiger partial charge in [-0.15, -0.1) is 0 Å². The standard InChI is InChI=1S/C16H30O4/c1-7-10(2)8-12(14(17)18)13(15(19)20)11(3)9-16(4,5)6/h10-13H,7-9H2,1-6H3,(H,17,18)(H,19,20). The minimum absolute atomic E-state index is 0.00740. The molecule has 4 heteroatoms. The van der Waals surface area contributed by atoms with Crippen molar-refractivity contribution in [2.75, 3.05) is 0 Å². The molecule has 0 heterocycles. The third-order valence-corrected chi connectivity index (χ3v) is 3.94. The minimum Gasteiger partial charge on any atom is -0.481 e. The zero-order valence-electron chi connectivity index (χ0n) is 13.6. The molecular weight excluding hydrogens is 256 g/mol. The fourth-order valence-electron chi connectivity index (χ4n) is 2.91. The third kappa shape index (κ3) is 6.40. The lowest BCUT2D eigenvalue weighted by atomic mass is 9.72. The maximum Gasteiger partial charge on any atom is 0.307 e. The molecule has 4 unspecified atom stereocenters. The molecule has 0 bridgehead atoms. The number of hydrogen-bond donors (Lipinski definition) is 2. The van der Waals surface area contributed by atoms with E-state index in [-0.39, 0.29) is 17.3 Å². The Hall–Kier alpha value is -1.06. The van der Waals surface area contributed by atoms with E-state index in [1.807, 2.05) is 41.5 Å². The van der Waals surface area contributed by atoms with E-state index < -0.39 is 23.8 Å². The molecule has 4 atom stereocenters. The summed E-state index contributed by atoms with van der Waals surface area (Å²) < 4.78 is 0. The van der Waals surface area contributed by atoms with Crippen molar-refractivity contribution in [3.8, 4) is 0 Å². The monoisotopic (exact) mass is 286 g/mol. The summed E-state index contributed by atoms with van der Waals surface area (Å²) in [6, 6.07) is 0. The lowest BCUT2D eigenvalue weighted by Gasteiger charge is -2.31. The summed E-state index contributed by atoms with van der Waals surface area (Å²) in [5, 5.41) is 18.9. The molecule has 20 heavy (non-hydrogen) atoms. The molecule has 118 valence electrons. The van der Waals surface area contributed by atoms with Crippen LogP contribution in [0.5, 0.6) is 0 Å². The highest BCUT2D eigenvalue weighted by Gasteiger charge is 2.39. The third-order valence-electron chi connectivity index (χ3n) is 3.94. The van der Waals surface area contributed by atoms with Crippen LogP contribution in [0.25, 0.3) is 0 Å². The predicted octanol–water partition coefficient (Wildman–Crippen LogP) is 3.90. The van der Waals surface area contributed by atoms with Crippen LogP contribution in [-0.4, -0.2) is 22.2 Å². The fraction of sp³-hybridized carbons (Fsp3) is 0.875. The Labute approximate surface area is 122 Å². The Morgan fingerprint density at radius 2 is 1.55 bits per heavy atom. The average Bonchev–Trinajstić information content (AvgIpc) is 2.24. The average molecular weight is 286 g/mol. The van der Waals surface area contributed by atoms with E-state index in [0.717, 1.165) is 6.42 Å². The number of carboxylic acids is 2. The van der Waals surface area contributed by atoms with E-state index in [0.29, 0.717) is 12.8 Å². The molecule has 0 amide bonds. The highest BCUT2D eigenvalue weighted by atomic mass is 16.4. The number of carbonyl (C=O) groups is 2. The summed E-state index contributed by atoms with van der Waals surface area (Å²) in [5.41, 5.74) is -0.00740. The van der Waals surface area contributed by atoms with Gasteiger partial charge in [0.25, 0.3) is 0 Å². The number of aliphatic carboxylic acids is 2. The van der Waals surface area contributed by atoms with Crippen molar-refractivity contribution in [2.45, 2.75) is 60.8 Å². The van der Waals surface area contributed by atoms with Crippen LogP contribution in [0.4, 0.5) is 0 Å². The van der Waals surface area contributed by atoms with Gasteiger partial charge in [0.15, 0.2) is 0 Å². The van der Waals surface area contributed by atoms with E-state index in [1.54, 1.807) is 0 Å². The Kier molecular flexibility index (Phi) is 7.25. The minimum atomic E-state index is -0.988. The molecule has 0 radical (unpaired) electrons. The molecule has 0 aromatic carbocycles.